The Morgan fingerprint density at radius 1 is 1.17 bits per heavy atom. The second-order valence-corrected chi connectivity index (χ2v) is 6.58. The summed E-state index contributed by atoms with van der Waals surface area (Å²) in [5, 5.41) is 8.78. The first-order chi connectivity index (χ1) is 11.3. The fraction of sp³-hybridized carbons (Fsp3) is 0.526. The Bertz CT molecular complexity index is 595. The average molecular weight is 330 g/mol. The molecule has 0 saturated carbocycles. The number of nitrogens with zero attached hydrogens (tertiary/aromatic N) is 2. The summed E-state index contributed by atoms with van der Waals surface area (Å²) in [5.41, 5.74) is 1.73. The number of hydrogen-bond acceptors (Lipinski definition) is 4. The number of carbonyl (C=O) groups is 2. The highest BCUT2D eigenvalue weighted by Crippen LogP contribution is 2.22. The van der Waals surface area contributed by atoms with Crippen molar-refractivity contribution in [2.45, 2.75) is 46.0 Å². The molecule has 130 valence electrons. The normalized spacial score (nSPS) is 10.8. The molecule has 0 atom stereocenters. The van der Waals surface area contributed by atoms with E-state index in [1.165, 1.54) is 4.90 Å². The van der Waals surface area contributed by atoms with Gasteiger partial charge in [0.2, 0.25) is 0 Å². The van der Waals surface area contributed by atoms with E-state index in [0.717, 1.165) is 5.56 Å². The molecule has 0 bridgehead atoms. The molecule has 0 unspecified atom stereocenters. The van der Waals surface area contributed by atoms with Crippen LogP contribution in [0.4, 0.5) is 0 Å². The summed E-state index contributed by atoms with van der Waals surface area (Å²) in [6.45, 7) is 8.95. The molecule has 0 aliphatic rings. The van der Waals surface area contributed by atoms with Crippen molar-refractivity contribution in [1.82, 2.24) is 4.90 Å². The minimum atomic E-state index is -0.338. The molecule has 24 heavy (non-hydrogen) atoms. The van der Waals surface area contributed by atoms with Gasteiger partial charge in [0.05, 0.1) is 25.5 Å². The largest absolute Gasteiger partial charge is 0.466 e. The zero-order chi connectivity index (χ0) is 18.2. The lowest BCUT2D eigenvalue weighted by molar-refractivity contribution is -0.143. The van der Waals surface area contributed by atoms with E-state index in [0.29, 0.717) is 18.7 Å². The molecular weight excluding hydrogens is 304 g/mol. The number of ether oxygens (including phenoxy) is 1. The number of carbonyl (C=O) groups excluding carboxylic acids is 2. The first-order valence-corrected chi connectivity index (χ1v) is 8.22. The van der Waals surface area contributed by atoms with Crippen LogP contribution in [-0.4, -0.2) is 36.5 Å². The Hall–Kier alpha value is -2.35. The van der Waals surface area contributed by atoms with E-state index in [-0.39, 0.29) is 36.7 Å². The smallest absolute Gasteiger partial charge is 0.307 e. The van der Waals surface area contributed by atoms with Crippen LogP contribution in [0, 0.1) is 11.3 Å². The average Bonchev–Trinajstić information content (AvgIpc) is 2.54. The van der Waals surface area contributed by atoms with Crippen molar-refractivity contribution < 1.29 is 14.3 Å². The Labute approximate surface area is 144 Å². The zero-order valence-electron chi connectivity index (χ0n) is 15.0. The SMILES string of the molecule is CCOC(=O)CCN(CCC#N)C(=O)c1ccc(C(C)(C)C)cc1. The van der Waals surface area contributed by atoms with Gasteiger partial charge < -0.3 is 9.64 Å². The van der Waals surface area contributed by atoms with E-state index in [9.17, 15) is 9.59 Å². The van der Waals surface area contributed by atoms with Gasteiger partial charge in [-0.25, -0.2) is 0 Å². The lowest BCUT2D eigenvalue weighted by atomic mass is 9.86. The molecule has 1 rings (SSSR count). The number of hydrogen-bond donors (Lipinski definition) is 0. The first-order valence-electron chi connectivity index (χ1n) is 8.22. The highest BCUT2D eigenvalue weighted by atomic mass is 16.5. The molecule has 5 heteroatoms. The summed E-state index contributed by atoms with van der Waals surface area (Å²) in [6.07, 6.45) is 0.361. The molecule has 0 radical (unpaired) electrons. The molecule has 1 aromatic rings. The number of esters is 1. The molecule has 0 aliphatic heterocycles. The molecule has 1 aromatic carbocycles. The van der Waals surface area contributed by atoms with Crippen LogP contribution in [0.5, 0.6) is 0 Å². The number of amides is 1. The second kappa shape index (κ2) is 9.07. The summed E-state index contributed by atoms with van der Waals surface area (Å²) in [4.78, 5) is 25.7. The lowest BCUT2D eigenvalue weighted by Crippen LogP contribution is -2.34. The predicted octanol–water partition coefficient (Wildman–Crippen LogP) is 3.29. The van der Waals surface area contributed by atoms with E-state index >= 15 is 0 Å². The van der Waals surface area contributed by atoms with Gasteiger partial charge in [-0.15, -0.1) is 0 Å². The van der Waals surface area contributed by atoms with Crippen LogP contribution >= 0.6 is 0 Å². The fourth-order valence-electron chi connectivity index (χ4n) is 2.25. The minimum Gasteiger partial charge on any atom is -0.466 e. The minimum absolute atomic E-state index is 0.0198. The van der Waals surface area contributed by atoms with Crippen LogP contribution in [0.3, 0.4) is 0 Å². The third kappa shape index (κ3) is 6.04. The Morgan fingerprint density at radius 3 is 2.29 bits per heavy atom. The van der Waals surface area contributed by atoms with Gasteiger partial charge in [0.15, 0.2) is 0 Å². The highest BCUT2D eigenvalue weighted by molar-refractivity contribution is 5.94. The van der Waals surface area contributed by atoms with Crippen LogP contribution in [0.1, 0.15) is 56.5 Å². The molecule has 0 spiro atoms. The Balaban J connectivity index is 2.83. The van der Waals surface area contributed by atoms with Crippen molar-refractivity contribution >= 4 is 11.9 Å². The van der Waals surface area contributed by atoms with Crippen LogP contribution in [-0.2, 0) is 14.9 Å². The van der Waals surface area contributed by atoms with Gasteiger partial charge in [-0.1, -0.05) is 32.9 Å². The highest BCUT2D eigenvalue weighted by Gasteiger charge is 2.19. The van der Waals surface area contributed by atoms with Crippen LogP contribution in [0.25, 0.3) is 0 Å². The van der Waals surface area contributed by atoms with E-state index < -0.39 is 0 Å². The molecular formula is C19H26N2O3. The molecule has 0 saturated heterocycles. The van der Waals surface area contributed by atoms with E-state index in [2.05, 4.69) is 20.8 Å². The third-order valence-electron chi connectivity index (χ3n) is 3.67. The van der Waals surface area contributed by atoms with Crippen LogP contribution < -0.4 is 0 Å². The van der Waals surface area contributed by atoms with E-state index in [4.69, 9.17) is 10.00 Å². The molecule has 0 fully saturated rings. The summed E-state index contributed by atoms with van der Waals surface area (Å²) < 4.78 is 4.89. The monoisotopic (exact) mass is 330 g/mol. The summed E-state index contributed by atoms with van der Waals surface area (Å²) in [6, 6.07) is 9.52. The fourth-order valence-corrected chi connectivity index (χ4v) is 2.25. The first kappa shape index (κ1) is 19.7. The standard InChI is InChI=1S/C19H26N2O3/c1-5-24-17(22)11-14-21(13-6-12-20)18(23)15-7-9-16(10-8-15)19(2,3)4/h7-10H,5-6,11,13-14H2,1-4H3. The van der Waals surface area contributed by atoms with Crippen molar-refractivity contribution in [2.75, 3.05) is 19.7 Å². The number of nitriles is 1. The van der Waals surface area contributed by atoms with Gasteiger partial charge in [0.1, 0.15) is 0 Å². The van der Waals surface area contributed by atoms with Crippen molar-refractivity contribution in [3.05, 3.63) is 35.4 Å². The Morgan fingerprint density at radius 2 is 1.79 bits per heavy atom. The quantitative estimate of drug-likeness (QED) is 0.719. The van der Waals surface area contributed by atoms with Crippen LogP contribution in [0.2, 0.25) is 0 Å². The summed E-state index contributed by atoms with van der Waals surface area (Å²) in [5.74, 6) is -0.509. The molecule has 5 nitrogen and oxygen atoms in total. The maximum Gasteiger partial charge on any atom is 0.307 e. The van der Waals surface area contributed by atoms with Gasteiger partial charge in [-0.3, -0.25) is 9.59 Å². The zero-order valence-corrected chi connectivity index (χ0v) is 15.0. The topological polar surface area (TPSA) is 70.4 Å². The molecule has 0 N–H and O–H groups in total. The van der Waals surface area contributed by atoms with E-state index in [1.807, 2.05) is 18.2 Å². The summed E-state index contributed by atoms with van der Waals surface area (Å²) >= 11 is 0. The van der Waals surface area contributed by atoms with Gasteiger partial charge in [0, 0.05) is 18.7 Å². The second-order valence-electron chi connectivity index (χ2n) is 6.58. The maximum absolute atomic E-state index is 12.6. The molecule has 1 amide bonds. The van der Waals surface area contributed by atoms with Gasteiger partial charge in [-0.05, 0) is 30.0 Å². The molecule has 0 heterocycles. The Kier molecular flexibility index (Phi) is 7.44. The third-order valence-corrected chi connectivity index (χ3v) is 3.67. The predicted molar refractivity (Wildman–Crippen MR) is 92.5 cm³/mol. The number of rotatable bonds is 7. The van der Waals surface area contributed by atoms with Crippen molar-refractivity contribution in [3.8, 4) is 6.07 Å². The summed E-state index contributed by atoms with van der Waals surface area (Å²) in [7, 11) is 0. The van der Waals surface area contributed by atoms with Gasteiger partial charge in [0.25, 0.3) is 5.91 Å². The van der Waals surface area contributed by atoms with Crippen molar-refractivity contribution in [3.63, 3.8) is 0 Å². The van der Waals surface area contributed by atoms with Crippen molar-refractivity contribution in [1.29, 1.82) is 5.26 Å². The maximum atomic E-state index is 12.6. The number of benzene rings is 1. The lowest BCUT2D eigenvalue weighted by Gasteiger charge is -2.23. The molecule has 0 aromatic heterocycles. The van der Waals surface area contributed by atoms with Crippen LogP contribution in [0.15, 0.2) is 24.3 Å². The van der Waals surface area contributed by atoms with Gasteiger partial charge >= 0.3 is 5.97 Å². The van der Waals surface area contributed by atoms with E-state index in [1.54, 1.807) is 19.1 Å². The van der Waals surface area contributed by atoms with Gasteiger partial charge in [-0.2, -0.15) is 5.26 Å². The van der Waals surface area contributed by atoms with Crippen molar-refractivity contribution in [2.24, 2.45) is 0 Å². The molecule has 0 aliphatic carbocycles.